The van der Waals surface area contributed by atoms with Gasteiger partial charge in [-0.25, -0.2) is 9.37 Å². The molecule has 0 saturated heterocycles. The van der Waals surface area contributed by atoms with Crippen molar-refractivity contribution in [2.75, 3.05) is 5.32 Å². The van der Waals surface area contributed by atoms with Crippen LogP contribution in [0.5, 0.6) is 0 Å². The number of amides is 1. The van der Waals surface area contributed by atoms with E-state index in [1.54, 1.807) is 25.1 Å². The summed E-state index contributed by atoms with van der Waals surface area (Å²) in [5, 5.41) is 11.1. The number of aryl methyl sites for hydroxylation is 1. The molecule has 0 aliphatic heterocycles. The highest BCUT2D eigenvalue weighted by molar-refractivity contribution is 7.22. The fraction of sp³-hybridized carbons (Fsp3) is 0.273. The van der Waals surface area contributed by atoms with Crippen LogP contribution in [0.3, 0.4) is 0 Å². The Hall–Kier alpha value is -3.33. The van der Waals surface area contributed by atoms with Gasteiger partial charge in [-0.2, -0.15) is 4.98 Å². The molecule has 2 N–H and O–H groups in total. The Balaban J connectivity index is 1.33. The minimum absolute atomic E-state index is 0.0475. The number of hydrogen-bond donors (Lipinski definition) is 2. The molecule has 1 saturated carbocycles. The second-order valence-corrected chi connectivity index (χ2v) is 8.62. The second kappa shape index (κ2) is 8.07. The molecule has 1 unspecified atom stereocenters. The highest BCUT2D eigenvalue weighted by Crippen LogP contribution is 2.30. The lowest BCUT2D eigenvalue weighted by molar-refractivity contribution is 0.0936. The average Bonchev–Trinajstić information content (AvgIpc) is 3.48. The van der Waals surface area contributed by atoms with E-state index in [4.69, 9.17) is 4.52 Å². The number of nitrogens with zero attached hydrogens (tertiary/aromatic N) is 3. The molecule has 2 aromatic heterocycles. The predicted octanol–water partition coefficient (Wildman–Crippen LogP) is 4.56. The van der Waals surface area contributed by atoms with Crippen molar-refractivity contribution in [3.63, 3.8) is 0 Å². The van der Waals surface area contributed by atoms with Gasteiger partial charge in [0.2, 0.25) is 0 Å². The van der Waals surface area contributed by atoms with Gasteiger partial charge in [0.15, 0.2) is 11.0 Å². The van der Waals surface area contributed by atoms with Crippen molar-refractivity contribution in [2.24, 2.45) is 0 Å². The lowest BCUT2D eigenvalue weighted by atomic mass is 10.1. The molecule has 0 spiro atoms. The molecule has 7 nitrogen and oxygen atoms in total. The maximum atomic E-state index is 13.5. The summed E-state index contributed by atoms with van der Waals surface area (Å²) in [6.45, 7) is 1.74. The van der Waals surface area contributed by atoms with Gasteiger partial charge in [0.1, 0.15) is 5.82 Å². The van der Waals surface area contributed by atoms with Crippen LogP contribution < -0.4 is 10.6 Å². The van der Waals surface area contributed by atoms with E-state index in [-0.39, 0.29) is 23.8 Å². The highest BCUT2D eigenvalue weighted by atomic mass is 32.1. The van der Waals surface area contributed by atoms with Crippen molar-refractivity contribution in [1.29, 1.82) is 0 Å². The summed E-state index contributed by atoms with van der Waals surface area (Å²) in [7, 11) is 0. The first-order chi connectivity index (χ1) is 15.1. The number of carbonyl (C=O) groups excluding carboxylic acids is 1. The molecule has 4 aromatic rings. The zero-order valence-corrected chi connectivity index (χ0v) is 17.6. The van der Waals surface area contributed by atoms with E-state index in [1.807, 2.05) is 12.1 Å². The summed E-state index contributed by atoms with van der Waals surface area (Å²) in [5.74, 6) is 0.382. The largest absolute Gasteiger partial charge is 0.357 e. The van der Waals surface area contributed by atoms with Gasteiger partial charge in [-0.1, -0.05) is 28.6 Å². The lowest BCUT2D eigenvalue weighted by Gasteiger charge is -2.22. The van der Waals surface area contributed by atoms with Gasteiger partial charge in [0, 0.05) is 12.1 Å². The molecule has 0 bridgehead atoms. The molecule has 2 heterocycles. The van der Waals surface area contributed by atoms with Gasteiger partial charge >= 0.3 is 0 Å². The quantitative estimate of drug-likeness (QED) is 0.476. The van der Waals surface area contributed by atoms with Crippen LogP contribution in [-0.2, 0) is 0 Å². The molecule has 0 radical (unpaired) electrons. The number of nitrogens with one attached hydrogen (secondary N) is 2. The lowest BCUT2D eigenvalue weighted by Crippen LogP contribution is -2.43. The molecule has 2 aromatic carbocycles. The number of hydrogen-bond acceptors (Lipinski definition) is 7. The molecular formula is C22H20FN5O2S. The summed E-state index contributed by atoms with van der Waals surface area (Å²) in [4.78, 5) is 21.9. The maximum Gasteiger partial charge on any atom is 0.258 e. The average molecular weight is 438 g/mol. The van der Waals surface area contributed by atoms with Crippen LogP contribution in [0.2, 0.25) is 0 Å². The number of halogens is 1. The summed E-state index contributed by atoms with van der Waals surface area (Å²) >= 11 is 1.42. The zero-order valence-electron chi connectivity index (χ0n) is 16.8. The third-order valence-electron chi connectivity index (χ3n) is 5.42. The molecule has 1 amide bonds. The minimum atomic E-state index is -0.274. The first kappa shape index (κ1) is 19.6. The second-order valence-electron chi connectivity index (χ2n) is 7.59. The summed E-state index contributed by atoms with van der Waals surface area (Å²) < 4.78 is 19.5. The Kier molecular flexibility index (Phi) is 5.11. The third-order valence-corrected chi connectivity index (χ3v) is 6.37. The van der Waals surface area contributed by atoms with Crippen molar-refractivity contribution in [3.05, 3.63) is 59.7 Å². The van der Waals surface area contributed by atoms with Crippen molar-refractivity contribution in [1.82, 2.24) is 20.4 Å². The monoisotopic (exact) mass is 437 g/mol. The number of thiazole rings is 1. The predicted molar refractivity (Wildman–Crippen MR) is 117 cm³/mol. The molecule has 1 aliphatic carbocycles. The molecule has 9 heteroatoms. The molecule has 1 aliphatic rings. The molecule has 2 atom stereocenters. The topological polar surface area (TPSA) is 92.9 Å². The van der Waals surface area contributed by atoms with Crippen LogP contribution >= 0.6 is 11.3 Å². The van der Waals surface area contributed by atoms with E-state index < -0.39 is 0 Å². The maximum absolute atomic E-state index is 13.5. The fourth-order valence-corrected chi connectivity index (χ4v) is 4.90. The highest BCUT2D eigenvalue weighted by Gasteiger charge is 2.30. The van der Waals surface area contributed by atoms with Gasteiger partial charge in [-0.3, -0.25) is 4.79 Å². The molecule has 31 heavy (non-hydrogen) atoms. The molecule has 1 fully saturated rings. The first-order valence-electron chi connectivity index (χ1n) is 10.1. The molecule has 158 valence electrons. The Morgan fingerprint density at radius 3 is 2.84 bits per heavy atom. The van der Waals surface area contributed by atoms with E-state index in [0.717, 1.165) is 34.6 Å². The summed E-state index contributed by atoms with van der Waals surface area (Å²) in [6.07, 6.45) is 2.77. The summed E-state index contributed by atoms with van der Waals surface area (Å²) in [6, 6.07) is 11.8. The van der Waals surface area contributed by atoms with Crippen LogP contribution in [-0.4, -0.2) is 33.1 Å². The SMILES string of the molecule is Cc1noc(-c2ccccc2C(=O)NC2CCC[C@@H]2Nc2nc3ccc(F)cc3s2)n1. The van der Waals surface area contributed by atoms with Crippen LogP contribution in [0, 0.1) is 12.7 Å². The van der Waals surface area contributed by atoms with Crippen LogP contribution in [0.25, 0.3) is 21.7 Å². The normalized spacial score (nSPS) is 18.4. The number of aromatic nitrogens is 3. The number of rotatable bonds is 5. The van der Waals surface area contributed by atoms with Crippen molar-refractivity contribution < 1.29 is 13.7 Å². The van der Waals surface area contributed by atoms with E-state index in [2.05, 4.69) is 25.8 Å². The molecule has 5 rings (SSSR count). The standard InChI is InChI=1S/C22H20FN5O2S/c1-12-24-21(30-28-12)15-6-3-2-5-14(15)20(29)25-16-7-4-8-17(16)26-22-27-18-10-9-13(23)11-19(18)31-22/h2-3,5-6,9-11,16-17H,4,7-8H2,1H3,(H,25,29)(H,26,27)/t16?,17-/m0/s1. The van der Waals surface area contributed by atoms with Crippen LogP contribution in [0.1, 0.15) is 35.4 Å². The number of anilines is 1. The van der Waals surface area contributed by atoms with Crippen molar-refractivity contribution in [3.8, 4) is 11.5 Å². The van der Waals surface area contributed by atoms with E-state index in [1.165, 1.54) is 23.5 Å². The Morgan fingerprint density at radius 1 is 1.16 bits per heavy atom. The van der Waals surface area contributed by atoms with E-state index in [9.17, 15) is 9.18 Å². The Bertz CT molecular complexity index is 1250. The van der Waals surface area contributed by atoms with Crippen molar-refractivity contribution in [2.45, 2.75) is 38.3 Å². The van der Waals surface area contributed by atoms with E-state index >= 15 is 0 Å². The summed E-state index contributed by atoms with van der Waals surface area (Å²) in [5.41, 5.74) is 1.86. The zero-order chi connectivity index (χ0) is 21.4. The number of benzene rings is 2. The number of fused-ring (bicyclic) bond motifs is 1. The third kappa shape index (κ3) is 4.00. The molecular weight excluding hydrogens is 417 g/mol. The van der Waals surface area contributed by atoms with Crippen LogP contribution in [0.4, 0.5) is 9.52 Å². The van der Waals surface area contributed by atoms with Gasteiger partial charge in [0.25, 0.3) is 11.8 Å². The minimum Gasteiger partial charge on any atom is -0.357 e. The van der Waals surface area contributed by atoms with Gasteiger partial charge < -0.3 is 15.2 Å². The van der Waals surface area contributed by atoms with Crippen molar-refractivity contribution >= 4 is 32.6 Å². The smallest absolute Gasteiger partial charge is 0.258 e. The fourth-order valence-electron chi connectivity index (χ4n) is 3.94. The van der Waals surface area contributed by atoms with Gasteiger partial charge in [-0.05, 0) is 56.5 Å². The van der Waals surface area contributed by atoms with Crippen LogP contribution in [0.15, 0.2) is 47.0 Å². The first-order valence-corrected chi connectivity index (χ1v) is 10.9. The van der Waals surface area contributed by atoms with Gasteiger partial charge in [0.05, 0.1) is 21.3 Å². The van der Waals surface area contributed by atoms with Gasteiger partial charge in [-0.15, -0.1) is 0 Å². The Labute approximate surface area is 181 Å². The number of carbonyl (C=O) groups is 1. The Morgan fingerprint density at radius 2 is 2.00 bits per heavy atom. The van der Waals surface area contributed by atoms with E-state index in [0.29, 0.717) is 22.8 Å².